The van der Waals surface area contributed by atoms with E-state index in [1.807, 2.05) is 24.5 Å². The Morgan fingerprint density at radius 3 is 2.46 bits per heavy atom. The summed E-state index contributed by atoms with van der Waals surface area (Å²) >= 11 is 0. The highest BCUT2D eigenvalue weighted by atomic mass is 16.4. The first-order valence-electron chi connectivity index (χ1n) is 8.49. The minimum atomic E-state index is -0.686. The van der Waals surface area contributed by atoms with E-state index < -0.39 is 5.97 Å². The zero-order valence-corrected chi connectivity index (χ0v) is 14.3. The van der Waals surface area contributed by atoms with E-state index >= 15 is 0 Å². The Morgan fingerprint density at radius 1 is 1.17 bits per heavy atom. The number of aliphatic carboxylic acids is 1. The zero-order valence-electron chi connectivity index (χ0n) is 14.3. The van der Waals surface area contributed by atoms with Crippen LogP contribution in [0, 0.1) is 19.8 Å². The fraction of sp³-hybridized carbons (Fsp3) is 0.400. The van der Waals surface area contributed by atoms with E-state index in [1.165, 1.54) is 22.3 Å². The average Bonchev–Trinajstić information content (AvgIpc) is 2.55. The fourth-order valence-corrected chi connectivity index (χ4v) is 3.77. The second kappa shape index (κ2) is 7.14. The van der Waals surface area contributed by atoms with Gasteiger partial charge in [-0.05, 0) is 56.5 Å². The predicted molar refractivity (Wildman–Crippen MR) is 93.9 cm³/mol. The molecule has 1 aliphatic rings. The summed E-state index contributed by atoms with van der Waals surface area (Å²) in [5, 5.41) is 9.43. The van der Waals surface area contributed by atoms with Crippen molar-refractivity contribution in [2.75, 3.05) is 13.1 Å². The SMILES string of the molecule is Cc1cc(C)cc(C(c2ccncc2)N2CCCC(C(=O)O)C2)c1. The van der Waals surface area contributed by atoms with Crippen LogP contribution in [0.5, 0.6) is 0 Å². The molecule has 4 nitrogen and oxygen atoms in total. The lowest BCUT2D eigenvalue weighted by Gasteiger charge is -2.37. The Morgan fingerprint density at radius 2 is 1.83 bits per heavy atom. The molecule has 2 aromatic rings. The fourth-order valence-electron chi connectivity index (χ4n) is 3.77. The van der Waals surface area contributed by atoms with Gasteiger partial charge in [0.25, 0.3) is 0 Å². The van der Waals surface area contributed by atoms with Crippen LogP contribution in [0.1, 0.15) is 41.1 Å². The monoisotopic (exact) mass is 324 g/mol. The van der Waals surface area contributed by atoms with E-state index in [-0.39, 0.29) is 12.0 Å². The highest BCUT2D eigenvalue weighted by Gasteiger charge is 2.31. The standard InChI is InChI=1S/C20H24N2O2/c1-14-10-15(2)12-18(11-14)19(16-5-7-21-8-6-16)22-9-3-4-17(13-22)20(23)24/h5-8,10-12,17,19H,3-4,9,13H2,1-2H3,(H,23,24). The van der Waals surface area contributed by atoms with E-state index in [0.29, 0.717) is 6.54 Å². The van der Waals surface area contributed by atoms with Gasteiger partial charge < -0.3 is 5.11 Å². The molecule has 126 valence electrons. The van der Waals surface area contributed by atoms with Crippen LogP contribution in [0.15, 0.2) is 42.7 Å². The van der Waals surface area contributed by atoms with Crippen molar-refractivity contribution < 1.29 is 9.90 Å². The second-order valence-electron chi connectivity index (χ2n) is 6.78. The van der Waals surface area contributed by atoms with Crippen molar-refractivity contribution in [3.63, 3.8) is 0 Å². The maximum atomic E-state index is 11.5. The molecule has 24 heavy (non-hydrogen) atoms. The number of nitrogens with zero attached hydrogens (tertiary/aromatic N) is 2. The van der Waals surface area contributed by atoms with Crippen LogP contribution in [-0.2, 0) is 4.79 Å². The molecule has 2 atom stereocenters. The molecule has 1 aliphatic heterocycles. The summed E-state index contributed by atoms with van der Waals surface area (Å²) in [6.45, 7) is 5.73. The van der Waals surface area contributed by atoms with Gasteiger partial charge in [-0.1, -0.05) is 29.3 Å². The summed E-state index contributed by atoms with van der Waals surface area (Å²) < 4.78 is 0. The van der Waals surface area contributed by atoms with E-state index in [4.69, 9.17) is 0 Å². The first-order chi connectivity index (χ1) is 11.5. The molecular formula is C20H24N2O2. The van der Waals surface area contributed by atoms with Gasteiger partial charge in [-0.3, -0.25) is 14.7 Å². The van der Waals surface area contributed by atoms with Crippen LogP contribution in [-0.4, -0.2) is 34.0 Å². The second-order valence-corrected chi connectivity index (χ2v) is 6.78. The third-order valence-corrected chi connectivity index (χ3v) is 4.75. The van der Waals surface area contributed by atoms with Gasteiger partial charge in [0.2, 0.25) is 0 Å². The summed E-state index contributed by atoms with van der Waals surface area (Å²) in [5.74, 6) is -0.970. The lowest BCUT2D eigenvalue weighted by Crippen LogP contribution is -2.41. The Labute approximate surface area is 143 Å². The normalized spacial score (nSPS) is 19.8. The van der Waals surface area contributed by atoms with Crippen LogP contribution < -0.4 is 0 Å². The van der Waals surface area contributed by atoms with E-state index in [9.17, 15) is 9.90 Å². The summed E-state index contributed by atoms with van der Waals surface area (Å²) in [4.78, 5) is 17.9. The summed E-state index contributed by atoms with van der Waals surface area (Å²) in [6, 6.07) is 10.7. The molecule has 3 rings (SSSR count). The van der Waals surface area contributed by atoms with Crippen molar-refractivity contribution in [1.82, 2.24) is 9.88 Å². The van der Waals surface area contributed by atoms with Crippen molar-refractivity contribution in [2.24, 2.45) is 5.92 Å². The van der Waals surface area contributed by atoms with Crippen molar-refractivity contribution in [3.8, 4) is 0 Å². The van der Waals surface area contributed by atoms with Crippen LogP contribution >= 0.6 is 0 Å². The highest BCUT2D eigenvalue weighted by Crippen LogP contribution is 2.33. The van der Waals surface area contributed by atoms with E-state index in [2.05, 4.69) is 41.9 Å². The molecule has 0 amide bonds. The first-order valence-corrected chi connectivity index (χ1v) is 8.49. The molecule has 2 heterocycles. The van der Waals surface area contributed by atoms with E-state index in [0.717, 1.165) is 19.4 Å². The molecular weight excluding hydrogens is 300 g/mol. The molecule has 0 saturated carbocycles. The summed E-state index contributed by atoms with van der Waals surface area (Å²) in [6.07, 6.45) is 5.30. The molecule has 1 N–H and O–H groups in total. The van der Waals surface area contributed by atoms with Gasteiger partial charge in [-0.25, -0.2) is 0 Å². The molecule has 1 fully saturated rings. The average molecular weight is 324 g/mol. The lowest BCUT2D eigenvalue weighted by molar-refractivity contribution is -0.143. The number of carboxylic acid groups (broad SMARTS) is 1. The summed E-state index contributed by atoms with van der Waals surface area (Å²) in [5.41, 5.74) is 4.86. The Bertz CT molecular complexity index is 695. The van der Waals surface area contributed by atoms with Gasteiger partial charge >= 0.3 is 5.97 Å². The highest BCUT2D eigenvalue weighted by molar-refractivity contribution is 5.70. The molecule has 1 aromatic heterocycles. The van der Waals surface area contributed by atoms with Crippen LogP contribution in [0.4, 0.5) is 0 Å². The molecule has 1 aromatic carbocycles. The minimum absolute atomic E-state index is 0.0775. The minimum Gasteiger partial charge on any atom is -0.481 e. The smallest absolute Gasteiger partial charge is 0.307 e. The van der Waals surface area contributed by atoms with Gasteiger partial charge in [-0.2, -0.15) is 0 Å². The number of carbonyl (C=O) groups is 1. The Kier molecular flexibility index (Phi) is 4.95. The third kappa shape index (κ3) is 3.65. The quantitative estimate of drug-likeness (QED) is 0.934. The number of aromatic nitrogens is 1. The van der Waals surface area contributed by atoms with Gasteiger partial charge in [0.1, 0.15) is 0 Å². The number of carboxylic acids is 1. The molecule has 0 spiro atoms. The number of rotatable bonds is 4. The maximum Gasteiger partial charge on any atom is 0.307 e. The number of likely N-dealkylation sites (tertiary alicyclic amines) is 1. The molecule has 4 heteroatoms. The van der Waals surface area contributed by atoms with Crippen molar-refractivity contribution in [3.05, 3.63) is 65.0 Å². The van der Waals surface area contributed by atoms with Crippen molar-refractivity contribution in [1.29, 1.82) is 0 Å². The van der Waals surface area contributed by atoms with E-state index in [1.54, 1.807) is 0 Å². The first kappa shape index (κ1) is 16.7. The number of aryl methyl sites for hydroxylation is 2. The number of piperidine rings is 1. The molecule has 0 aliphatic carbocycles. The number of hydrogen-bond donors (Lipinski definition) is 1. The summed E-state index contributed by atoms with van der Waals surface area (Å²) in [7, 11) is 0. The molecule has 2 unspecified atom stereocenters. The number of hydrogen-bond acceptors (Lipinski definition) is 3. The number of pyridine rings is 1. The molecule has 0 radical (unpaired) electrons. The third-order valence-electron chi connectivity index (χ3n) is 4.75. The van der Waals surface area contributed by atoms with Crippen molar-refractivity contribution in [2.45, 2.75) is 32.7 Å². The topological polar surface area (TPSA) is 53.4 Å². The van der Waals surface area contributed by atoms with Crippen LogP contribution in [0.3, 0.4) is 0 Å². The lowest BCUT2D eigenvalue weighted by atomic mass is 9.90. The van der Waals surface area contributed by atoms with Gasteiger partial charge in [0.05, 0.1) is 12.0 Å². The Hall–Kier alpha value is -2.20. The Balaban J connectivity index is 2.01. The van der Waals surface area contributed by atoms with Crippen LogP contribution in [0.2, 0.25) is 0 Å². The predicted octanol–water partition coefficient (Wildman–Crippen LogP) is 3.58. The van der Waals surface area contributed by atoms with Crippen LogP contribution in [0.25, 0.3) is 0 Å². The van der Waals surface area contributed by atoms with Crippen molar-refractivity contribution >= 4 is 5.97 Å². The number of benzene rings is 1. The zero-order chi connectivity index (χ0) is 17.1. The maximum absolute atomic E-state index is 11.5. The van der Waals surface area contributed by atoms with Gasteiger partial charge in [0.15, 0.2) is 0 Å². The molecule has 1 saturated heterocycles. The van der Waals surface area contributed by atoms with Gasteiger partial charge in [0, 0.05) is 18.9 Å². The largest absolute Gasteiger partial charge is 0.481 e. The van der Waals surface area contributed by atoms with Gasteiger partial charge in [-0.15, -0.1) is 0 Å². The molecule has 0 bridgehead atoms.